The van der Waals surface area contributed by atoms with Gasteiger partial charge in [-0.25, -0.2) is 0 Å². The van der Waals surface area contributed by atoms with Crippen LogP contribution in [-0.2, 0) is 4.74 Å². The first-order valence-corrected chi connectivity index (χ1v) is 5.59. The molecular weight excluding hydrogens is 204 g/mol. The summed E-state index contributed by atoms with van der Waals surface area (Å²) in [4.78, 5) is 15.6. The Morgan fingerprint density at radius 1 is 1.56 bits per heavy atom. The molecule has 0 amide bonds. The lowest BCUT2D eigenvalue weighted by Gasteiger charge is -2.08. The van der Waals surface area contributed by atoms with E-state index >= 15 is 0 Å². The lowest BCUT2D eigenvalue weighted by Crippen LogP contribution is -2.17. The maximum atomic E-state index is 11.6. The second-order valence-electron chi connectivity index (χ2n) is 4.01. The number of Topliss-reactive ketones (excluding diaryl/α,β-unsaturated/α-hetero) is 1. The van der Waals surface area contributed by atoms with E-state index in [2.05, 4.69) is 10.3 Å². The molecule has 4 heteroatoms. The molecule has 0 radical (unpaired) electrons. The monoisotopic (exact) mass is 220 g/mol. The highest BCUT2D eigenvalue weighted by atomic mass is 16.5. The molecule has 1 atom stereocenters. The molecule has 1 aliphatic rings. The van der Waals surface area contributed by atoms with E-state index in [0.717, 1.165) is 19.5 Å². The summed E-state index contributed by atoms with van der Waals surface area (Å²) in [5.74, 6) is 0.503. The molecule has 1 fully saturated rings. The summed E-state index contributed by atoms with van der Waals surface area (Å²) >= 11 is 0. The van der Waals surface area contributed by atoms with Crippen LogP contribution in [0, 0.1) is 5.92 Å². The summed E-state index contributed by atoms with van der Waals surface area (Å²) < 4.78 is 5.40. The van der Waals surface area contributed by atoms with E-state index in [-0.39, 0.29) is 12.4 Å². The van der Waals surface area contributed by atoms with Crippen LogP contribution in [0.2, 0.25) is 0 Å². The number of aromatic nitrogens is 1. The summed E-state index contributed by atoms with van der Waals surface area (Å²) in [6.07, 6.45) is 2.76. The molecule has 1 N–H and O–H groups in total. The van der Waals surface area contributed by atoms with Crippen molar-refractivity contribution in [2.75, 3.05) is 26.3 Å². The Bertz CT molecular complexity index is 334. The fourth-order valence-electron chi connectivity index (χ4n) is 1.78. The molecule has 0 spiro atoms. The Hall–Kier alpha value is -1.26. The lowest BCUT2D eigenvalue weighted by atomic mass is 10.1. The molecule has 0 bridgehead atoms. The van der Waals surface area contributed by atoms with E-state index in [4.69, 9.17) is 4.74 Å². The first-order valence-electron chi connectivity index (χ1n) is 5.59. The maximum Gasteiger partial charge on any atom is 0.206 e. The molecular formula is C12H16N2O2. The Labute approximate surface area is 95.0 Å². The highest BCUT2D eigenvalue weighted by molar-refractivity contribution is 5.95. The van der Waals surface area contributed by atoms with Gasteiger partial charge in [-0.2, -0.15) is 0 Å². The van der Waals surface area contributed by atoms with Gasteiger partial charge in [0.05, 0.1) is 6.61 Å². The van der Waals surface area contributed by atoms with Crippen LogP contribution in [0.5, 0.6) is 0 Å². The van der Waals surface area contributed by atoms with E-state index in [1.165, 1.54) is 0 Å². The summed E-state index contributed by atoms with van der Waals surface area (Å²) in [5, 5.41) is 3.26. The molecule has 0 aromatic carbocycles. The average Bonchev–Trinajstić information content (AvgIpc) is 2.83. The van der Waals surface area contributed by atoms with Crippen molar-refractivity contribution in [2.24, 2.45) is 5.92 Å². The Balaban J connectivity index is 1.71. The lowest BCUT2D eigenvalue weighted by molar-refractivity contribution is 0.0687. The van der Waals surface area contributed by atoms with Gasteiger partial charge in [-0.15, -0.1) is 0 Å². The van der Waals surface area contributed by atoms with Gasteiger partial charge in [-0.3, -0.25) is 9.78 Å². The van der Waals surface area contributed by atoms with Crippen molar-refractivity contribution in [3.8, 4) is 0 Å². The number of pyridine rings is 1. The Morgan fingerprint density at radius 3 is 3.19 bits per heavy atom. The molecule has 86 valence electrons. The fourth-order valence-corrected chi connectivity index (χ4v) is 1.78. The van der Waals surface area contributed by atoms with E-state index in [1.54, 1.807) is 24.4 Å². The van der Waals surface area contributed by atoms with Crippen LogP contribution in [0.15, 0.2) is 24.4 Å². The van der Waals surface area contributed by atoms with Gasteiger partial charge < -0.3 is 10.1 Å². The Morgan fingerprint density at radius 2 is 2.50 bits per heavy atom. The minimum atomic E-state index is -0.0495. The zero-order valence-corrected chi connectivity index (χ0v) is 9.19. The number of rotatable bonds is 5. The maximum absolute atomic E-state index is 11.6. The third kappa shape index (κ3) is 3.12. The largest absolute Gasteiger partial charge is 0.373 e. The third-order valence-electron chi connectivity index (χ3n) is 2.70. The van der Waals surface area contributed by atoms with E-state index in [9.17, 15) is 4.79 Å². The number of ether oxygens (including phenoxy) is 1. The van der Waals surface area contributed by atoms with E-state index in [1.807, 2.05) is 0 Å². The summed E-state index contributed by atoms with van der Waals surface area (Å²) in [6.45, 7) is 2.85. The highest BCUT2D eigenvalue weighted by Crippen LogP contribution is 2.07. The second kappa shape index (κ2) is 5.72. The predicted octanol–water partition coefficient (Wildman–Crippen LogP) is 0.890. The molecule has 2 rings (SSSR count). The van der Waals surface area contributed by atoms with E-state index < -0.39 is 0 Å². The quantitative estimate of drug-likeness (QED) is 0.749. The van der Waals surface area contributed by atoms with Crippen molar-refractivity contribution in [3.05, 3.63) is 30.1 Å². The van der Waals surface area contributed by atoms with E-state index in [0.29, 0.717) is 18.2 Å². The minimum absolute atomic E-state index is 0.0495. The van der Waals surface area contributed by atoms with Crippen molar-refractivity contribution in [3.63, 3.8) is 0 Å². The second-order valence-corrected chi connectivity index (χ2v) is 4.01. The molecule has 1 aliphatic heterocycles. The van der Waals surface area contributed by atoms with Gasteiger partial charge in [0.1, 0.15) is 12.3 Å². The van der Waals surface area contributed by atoms with Crippen LogP contribution >= 0.6 is 0 Å². The molecule has 4 nitrogen and oxygen atoms in total. The molecule has 1 unspecified atom stereocenters. The summed E-state index contributed by atoms with van der Waals surface area (Å²) in [6, 6.07) is 5.31. The van der Waals surface area contributed by atoms with Crippen LogP contribution in [0.1, 0.15) is 16.9 Å². The number of hydrogen-bond donors (Lipinski definition) is 1. The molecule has 0 saturated carbocycles. The topological polar surface area (TPSA) is 51.2 Å². The van der Waals surface area contributed by atoms with Crippen molar-refractivity contribution < 1.29 is 9.53 Å². The normalized spacial score (nSPS) is 19.9. The standard InChI is InChI=1S/C12H16N2O2/c15-12(11-3-1-2-5-14-11)9-16-8-10-4-6-13-7-10/h1-3,5,10,13H,4,6-9H2. The van der Waals surface area contributed by atoms with Crippen molar-refractivity contribution in [1.29, 1.82) is 0 Å². The van der Waals surface area contributed by atoms with Crippen LogP contribution in [0.3, 0.4) is 0 Å². The van der Waals surface area contributed by atoms with Gasteiger partial charge in [-0.1, -0.05) is 6.07 Å². The van der Waals surface area contributed by atoms with Crippen molar-refractivity contribution in [2.45, 2.75) is 6.42 Å². The summed E-state index contributed by atoms with van der Waals surface area (Å²) in [5.41, 5.74) is 0.479. The van der Waals surface area contributed by atoms with Gasteiger partial charge >= 0.3 is 0 Å². The van der Waals surface area contributed by atoms with Gasteiger partial charge in [-0.05, 0) is 31.0 Å². The van der Waals surface area contributed by atoms with Crippen LogP contribution in [0.4, 0.5) is 0 Å². The molecule has 16 heavy (non-hydrogen) atoms. The Kier molecular flexibility index (Phi) is 4.02. The van der Waals surface area contributed by atoms with Gasteiger partial charge in [0.2, 0.25) is 5.78 Å². The number of nitrogens with one attached hydrogen (secondary N) is 1. The number of ketones is 1. The van der Waals surface area contributed by atoms with Gasteiger partial charge in [0, 0.05) is 12.7 Å². The minimum Gasteiger partial charge on any atom is -0.373 e. The third-order valence-corrected chi connectivity index (χ3v) is 2.70. The molecule has 1 aromatic rings. The summed E-state index contributed by atoms with van der Waals surface area (Å²) in [7, 11) is 0. The number of carbonyl (C=O) groups is 1. The van der Waals surface area contributed by atoms with Gasteiger partial charge in [0.15, 0.2) is 0 Å². The van der Waals surface area contributed by atoms with Crippen molar-refractivity contribution >= 4 is 5.78 Å². The zero-order valence-electron chi connectivity index (χ0n) is 9.19. The molecule has 2 heterocycles. The van der Waals surface area contributed by atoms with Crippen molar-refractivity contribution in [1.82, 2.24) is 10.3 Å². The number of hydrogen-bond acceptors (Lipinski definition) is 4. The molecule has 0 aliphatic carbocycles. The van der Waals surface area contributed by atoms with Crippen LogP contribution < -0.4 is 5.32 Å². The average molecular weight is 220 g/mol. The smallest absolute Gasteiger partial charge is 0.206 e. The highest BCUT2D eigenvalue weighted by Gasteiger charge is 2.15. The first kappa shape index (κ1) is 11.2. The van der Waals surface area contributed by atoms with Gasteiger partial charge in [0.25, 0.3) is 0 Å². The number of carbonyl (C=O) groups excluding carboxylic acids is 1. The fraction of sp³-hybridized carbons (Fsp3) is 0.500. The zero-order chi connectivity index (χ0) is 11.2. The predicted molar refractivity (Wildman–Crippen MR) is 60.4 cm³/mol. The first-order chi connectivity index (χ1) is 7.86. The number of nitrogens with zero attached hydrogens (tertiary/aromatic N) is 1. The SMILES string of the molecule is O=C(COCC1CCNC1)c1ccccn1. The van der Waals surface area contributed by atoms with Crippen LogP contribution in [-0.4, -0.2) is 37.1 Å². The molecule has 1 aromatic heterocycles. The molecule has 1 saturated heterocycles. The van der Waals surface area contributed by atoms with Crippen LogP contribution in [0.25, 0.3) is 0 Å².